The number of carbonyl (C=O) groups is 1. The van der Waals surface area contributed by atoms with Gasteiger partial charge in [0.1, 0.15) is 11.8 Å². The number of carbonyl (C=O) groups excluding carboxylic acids is 1. The summed E-state index contributed by atoms with van der Waals surface area (Å²) in [5.74, 6) is -1.25. The molecule has 2 saturated heterocycles. The lowest BCUT2D eigenvalue weighted by Crippen LogP contribution is -2.31. The lowest BCUT2D eigenvalue weighted by atomic mass is 10.1. The zero-order chi connectivity index (χ0) is 15.7. The summed E-state index contributed by atoms with van der Waals surface area (Å²) in [5, 5.41) is 0. The van der Waals surface area contributed by atoms with Crippen LogP contribution in [-0.2, 0) is 4.74 Å². The Bertz CT molecular complexity index is 556. The van der Waals surface area contributed by atoms with Crippen LogP contribution >= 0.6 is 22.6 Å². The lowest BCUT2D eigenvalue weighted by molar-refractivity contribution is 0.153. The number of rotatable bonds is 3. The van der Waals surface area contributed by atoms with Crippen LogP contribution in [0.4, 0.5) is 25.0 Å². The van der Waals surface area contributed by atoms with Crippen molar-refractivity contribution >= 4 is 40.1 Å². The highest BCUT2D eigenvalue weighted by Gasteiger charge is 2.33. The molecule has 1 aromatic rings. The third-order valence-corrected chi connectivity index (χ3v) is 5.01. The predicted octanol–water partition coefficient (Wildman–Crippen LogP) is 3.72. The van der Waals surface area contributed by atoms with Gasteiger partial charge in [-0.3, -0.25) is 4.90 Å². The van der Waals surface area contributed by atoms with Crippen molar-refractivity contribution in [3.63, 3.8) is 0 Å². The molecule has 2 aliphatic heterocycles. The number of hydrogen-bond donors (Lipinski definition) is 0. The van der Waals surface area contributed by atoms with Crippen LogP contribution in [0.15, 0.2) is 12.1 Å². The molecule has 0 spiro atoms. The zero-order valence-corrected chi connectivity index (χ0v) is 14.2. The molecule has 1 atom stereocenters. The van der Waals surface area contributed by atoms with Gasteiger partial charge in [0.2, 0.25) is 0 Å². The van der Waals surface area contributed by atoms with E-state index in [0.29, 0.717) is 24.1 Å². The molecule has 0 N–H and O–H groups in total. The number of amides is 1. The molecule has 2 fully saturated rings. The van der Waals surface area contributed by atoms with E-state index in [-0.39, 0.29) is 17.5 Å². The Balaban J connectivity index is 1.87. The average molecular weight is 422 g/mol. The molecular weight excluding hydrogens is 405 g/mol. The second-order valence-electron chi connectivity index (χ2n) is 5.58. The van der Waals surface area contributed by atoms with Gasteiger partial charge < -0.3 is 9.64 Å². The zero-order valence-electron chi connectivity index (χ0n) is 12.0. The molecule has 4 nitrogen and oxygen atoms in total. The maximum Gasteiger partial charge on any atom is 0.414 e. The van der Waals surface area contributed by atoms with Crippen molar-refractivity contribution in [3.8, 4) is 0 Å². The van der Waals surface area contributed by atoms with Crippen LogP contribution in [0.3, 0.4) is 0 Å². The Morgan fingerprint density at radius 2 is 1.82 bits per heavy atom. The summed E-state index contributed by atoms with van der Waals surface area (Å²) in [6, 6.07) is 2.45. The molecule has 0 bridgehead atoms. The number of piperidine rings is 1. The second kappa shape index (κ2) is 6.55. The molecule has 0 aromatic heterocycles. The van der Waals surface area contributed by atoms with E-state index in [1.54, 1.807) is 4.90 Å². The highest BCUT2D eigenvalue weighted by Crippen LogP contribution is 2.32. The maximum absolute atomic E-state index is 14.4. The third-order valence-electron chi connectivity index (χ3n) is 4.03. The van der Waals surface area contributed by atoms with E-state index in [4.69, 9.17) is 4.74 Å². The highest BCUT2D eigenvalue weighted by atomic mass is 127. The van der Waals surface area contributed by atoms with Crippen LogP contribution in [0.2, 0.25) is 0 Å². The number of halogens is 3. The van der Waals surface area contributed by atoms with Crippen LogP contribution < -0.4 is 9.80 Å². The SMILES string of the molecule is O=C1OC(CI)CN1c1cc(F)c(N2CCCCC2)c(F)c1. The molecule has 1 aromatic carbocycles. The van der Waals surface area contributed by atoms with Crippen molar-refractivity contribution in [1.29, 1.82) is 0 Å². The first-order valence-electron chi connectivity index (χ1n) is 7.38. The van der Waals surface area contributed by atoms with Crippen LogP contribution in [-0.4, -0.2) is 36.3 Å². The van der Waals surface area contributed by atoms with Gasteiger partial charge in [0, 0.05) is 29.6 Å². The van der Waals surface area contributed by atoms with Gasteiger partial charge in [0.15, 0.2) is 11.6 Å². The molecule has 0 saturated carbocycles. The van der Waals surface area contributed by atoms with Gasteiger partial charge in [0.05, 0.1) is 12.2 Å². The first-order valence-corrected chi connectivity index (χ1v) is 8.91. The van der Waals surface area contributed by atoms with Crippen molar-refractivity contribution < 1.29 is 18.3 Å². The van der Waals surface area contributed by atoms with Gasteiger partial charge in [-0.1, -0.05) is 22.6 Å². The molecule has 0 radical (unpaired) electrons. The lowest BCUT2D eigenvalue weighted by Gasteiger charge is -2.29. The summed E-state index contributed by atoms with van der Waals surface area (Å²) in [7, 11) is 0. The fourth-order valence-corrected chi connectivity index (χ4v) is 3.40. The van der Waals surface area contributed by atoms with Gasteiger partial charge in [0.25, 0.3) is 0 Å². The first kappa shape index (κ1) is 15.8. The molecule has 3 rings (SSSR count). The summed E-state index contributed by atoms with van der Waals surface area (Å²) >= 11 is 2.12. The number of hydrogen-bond acceptors (Lipinski definition) is 3. The van der Waals surface area contributed by atoms with Gasteiger partial charge >= 0.3 is 6.09 Å². The van der Waals surface area contributed by atoms with Crippen molar-refractivity contribution in [2.45, 2.75) is 25.4 Å². The standard InChI is InChI=1S/C15H17F2IN2O2/c16-12-6-10(20-9-11(8-18)22-15(20)21)7-13(17)14(12)19-4-2-1-3-5-19/h6-7,11H,1-5,8-9H2. The van der Waals surface area contributed by atoms with E-state index < -0.39 is 17.7 Å². The average Bonchev–Trinajstić information content (AvgIpc) is 2.89. The number of nitrogens with zero attached hydrogens (tertiary/aromatic N) is 2. The highest BCUT2D eigenvalue weighted by molar-refractivity contribution is 14.1. The Morgan fingerprint density at radius 1 is 1.18 bits per heavy atom. The third kappa shape index (κ3) is 3.00. The Kier molecular flexibility index (Phi) is 4.70. The fraction of sp³-hybridized carbons (Fsp3) is 0.533. The maximum atomic E-state index is 14.4. The molecule has 7 heteroatoms. The minimum atomic E-state index is -0.623. The van der Waals surface area contributed by atoms with E-state index in [2.05, 4.69) is 22.6 Å². The quantitative estimate of drug-likeness (QED) is 0.550. The molecular formula is C15H17F2IN2O2. The van der Waals surface area contributed by atoms with Crippen molar-refractivity contribution in [2.75, 3.05) is 33.9 Å². The summed E-state index contributed by atoms with van der Waals surface area (Å²) in [5.41, 5.74) is 0.231. The van der Waals surface area contributed by atoms with Gasteiger partial charge in [-0.2, -0.15) is 0 Å². The Hall–Kier alpha value is -1.12. The van der Waals surface area contributed by atoms with E-state index >= 15 is 0 Å². The van der Waals surface area contributed by atoms with E-state index in [1.807, 2.05) is 0 Å². The number of cyclic esters (lactones) is 1. The Labute approximate surface area is 141 Å². The minimum Gasteiger partial charge on any atom is -0.443 e. The van der Waals surface area contributed by atoms with Crippen LogP contribution in [0.1, 0.15) is 19.3 Å². The number of ether oxygens (including phenoxy) is 1. The minimum absolute atomic E-state index is 0.0152. The van der Waals surface area contributed by atoms with Crippen LogP contribution in [0.25, 0.3) is 0 Å². The van der Waals surface area contributed by atoms with Crippen molar-refractivity contribution in [2.24, 2.45) is 0 Å². The number of anilines is 2. The first-order chi connectivity index (χ1) is 10.6. The molecule has 0 aliphatic carbocycles. The summed E-state index contributed by atoms with van der Waals surface area (Å²) in [6.45, 7) is 1.65. The summed E-state index contributed by atoms with van der Waals surface area (Å²) in [6.07, 6.45) is 2.19. The normalized spacial score (nSPS) is 22.1. The number of benzene rings is 1. The van der Waals surface area contributed by atoms with Crippen LogP contribution in [0.5, 0.6) is 0 Å². The van der Waals surface area contributed by atoms with E-state index in [0.717, 1.165) is 19.3 Å². The Morgan fingerprint density at radius 3 is 2.36 bits per heavy atom. The molecule has 1 unspecified atom stereocenters. The van der Waals surface area contributed by atoms with Crippen LogP contribution in [0, 0.1) is 11.6 Å². The monoisotopic (exact) mass is 422 g/mol. The largest absolute Gasteiger partial charge is 0.443 e. The second-order valence-corrected chi connectivity index (χ2v) is 6.46. The smallest absolute Gasteiger partial charge is 0.414 e. The molecule has 22 heavy (non-hydrogen) atoms. The molecule has 120 valence electrons. The molecule has 2 heterocycles. The van der Waals surface area contributed by atoms with Crippen molar-refractivity contribution in [3.05, 3.63) is 23.8 Å². The van der Waals surface area contributed by atoms with Gasteiger partial charge in [-0.15, -0.1) is 0 Å². The van der Waals surface area contributed by atoms with Crippen molar-refractivity contribution in [1.82, 2.24) is 0 Å². The molecule has 1 amide bonds. The predicted molar refractivity (Wildman–Crippen MR) is 88.9 cm³/mol. The molecule has 2 aliphatic rings. The summed E-state index contributed by atoms with van der Waals surface area (Å²) < 4.78 is 34.6. The summed E-state index contributed by atoms with van der Waals surface area (Å²) in [4.78, 5) is 14.8. The number of alkyl halides is 1. The topological polar surface area (TPSA) is 32.8 Å². The van der Waals surface area contributed by atoms with E-state index in [9.17, 15) is 13.6 Å². The van der Waals surface area contributed by atoms with Gasteiger partial charge in [-0.05, 0) is 19.3 Å². The van der Waals surface area contributed by atoms with Gasteiger partial charge in [-0.25, -0.2) is 13.6 Å². The fourth-order valence-electron chi connectivity index (χ4n) is 2.94. The van der Waals surface area contributed by atoms with E-state index in [1.165, 1.54) is 17.0 Å².